The van der Waals surface area contributed by atoms with Gasteiger partial charge in [0.25, 0.3) is 0 Å². The zero-order valence-corrected chi connectivity index (χ0v) is 9.95. The van der Waals surface area contributed by atoms with Crippen molar-refractivity contribution >= 4 is 11.8 Å². The molecule has 0 saturated carbocycles. The van der Waals surface area contributed by atoms with E-state index in [1.165, 1.54) is 12.2 Å². The molecule has 0 spiro atoms. The van der Waals surface area contributed by atoms with Crippen LogP contribution in [0, 0.1) is 0 Å². The van der Waals surface area contributed by atoms with E-state index in [1.54, 1.807) is 12.2 Å². The molecule has 1 atom stereocenters. The Labute approximate surface area is 106 Å². The second-order valence-corrected chi connectivity index (χ2v) is 3.82. The Kier molecular flexibility index (Phi) is 5.38. The number of amides is 2. The van der Waals surface area contributed by atoms with E-state index in [-0.39, 0.29) is 5.92 Å². The molecule has 0 radical (unpaired) electrons. The molecule has 94 valence electrons. The molecule has 0 heterocycles. The smallest absolute Gasteiger partial charge is 0.241 e. The van der Waals surface area contributed by atoms with Gasteiger partial charge in [-0.05, 0) is 24.1 Å². The normalized spacial score (nSPS) is 12.9. The topological polar surface area (TPSA) is 86.2 Å². The van der Waals surface area contributed by atoms with Crippen molar-refractivity contribution in [3.8, 4) is 0 Å². The Morgan fingerprint density at radius 3 is 2.22 bits per heavy atom. The summed E-state index contributed by atoms with van der Waals surface area (Å²) in [4.78, 5) is 21.4. The maximum Gasteiger partial charge on any atom is 0.241 e. The first-order valence-corrected chi connectivity index (χ1v) is 5.58. The number of rotatable bonds is 6. The fraction of sp³-hybridized carbons (Fsp3) is 0.143. The predicted octanol–water partition coefficient (Wildman–Crippen LogP) is 1.24. The van der Waals surface area contributed by atoms with Crippen LogP contribution in [0.4, 0.5) is 0 Å². The SMILES string of the molecule is NC(=O)C=CCC(C=CC(N)=O)c1ccccc1. The fourth-order valence-corrected chi connectivity index (χ4v) is 1.57. The number of allylic oxidation sites excluding steroid dienone is 2. The highest BCUT2D eigenvalue weighted by molar-refractivity contribution is 5.86. The Morgan fingerprint density at radius 2 is 1.67 bits per heavy atom. The maximum absolute atomic E-state index is 10.8. The minimum Gasteiger partial charge on any atom is -0.366 e. The quantitative estimate of drug-likeness (QED) is 0.738. The third-order valence-electron chi connectivity index (χ3n) is 2.39. The summed E-state index contributed by atoms with van der Waals surface area (Å²) in [5.41, 5.74) is 11.1. The van der Waals surface area contributed by atoms with Crippen LogP contribution in [0.2, 0.25) is 0 Å². The van der Waals surface area contributed by atoms with E-state index in [0.29, 0.717) is 6.42 Å². The molecule has 18 heavy (non-hydrogen) atoms. The Balaban J connectivity index is 2.82. The summed E-state index contributed by atoms with van der Waals surface area (Å²) >= 11 is 0. The number of carbonyl (C=O) groups excluding carboxylic acids is 2. The molecule has 0 aromatic heterocycles. The molecule has 0 bridgehead atoms. The van der Waals surface area contributed by atoms with Gasteiger partial charge in [0.1, 0.15) is 0 Å². The Morgan fingerprint density at radius 1 is 1.06 bits per heavy atom. The number of carbonyl (C=O) groups is 2. The highest BCUT2D eigenvalue weighted by atomic mass is 16.1. The zero-order valence-electron chi connectivity index (χ0n) is 9.95. The molecule has 1 aromatic carbocycles. The molecule has 0 fully saturated rings. The van der Waals surface area contributed by atoms with Gasteiger partial charge < -0.3 is 11.5 Å². The summed E-state index contributed by atoms with van der Waals surface area (Å²) in [6.07, 6.45) is 6.63. The van der Waals surface area contributed by atoms with Gasteiger partial charge >= 0.3 is 0 Å². The summed E-state index contributed by atoms with van der Waals surface area (Å²) in [5, 5.41) is 0. The van der Waals surface area contributed by atoms with E-state index < -0.39 is 11.8 Å². The van der Waals surface area contributed by atoms with Gasteiger partial charge in [0.05, 0.1) is 0 Å². The van der Waals surface area contributed by atoms with Crippen LogP contribution < -0.4 is 11.5 Å². The average molecular weight is 244 g/mol. The molecular weight excluding hydrogens is 228 g/mol. The Hall–Kier alpha value is -2.36. The predicted molar refractivity (Wildman–Crippen MR) is 70.5 cm³/mol. The van der Waals surface area contributed by atoms with Crippen molar-refractivity contribution in [3.63, 3.8) is 0 Å². The van der Waals surface area contributed by atoms with Crippen LogP contribution in [0.5, 0.6) is 0 Å². The van der Waals surface area contributed by atoms with Gasteiger partial charge in [-0.3, -0.25) is 9.59 Å². The first-order valence-electron chi connectivity index (χ1n) is 5.58. The highest BCUT2D eigenvalue weighted by Gasteiger charge is 2.06. The van der Waals surface area contributed by atoms with Gasteiger partial charge in [-0.1, -0.05) is 42.5 Å². The lowest BCUT2D eigenvalue weighted by Crippen LogP contribution is -2.07. The number of benzene rings is 1. The average Bonchev–Trinajstić information content (AvgIpc) is 2.34. The molecule has 4 heteroatoms. The molecule has 0 aliphatic rings. The van der Waals surface area contributed by atoms with Crippen LogP contribution in [0.3, 0.4) is 0 Å². The van der Waals surface area contributed by atoms with Gasteiger partial charge in [0.2, 0.25) is 11.8 Å². The van der Waals surface area contributed by atoms with Crippen LogP contribution in [-0.2, 0) is 9.59 Å². The summed E-state index contributed by atoms with van der Waals surface area (Å²) in [6, 6.07) is 9.65. The molecule has 1 rings (SSSR count). The molecule has 0 aliphatic heterocycles. The molecule has 4 nitrogen and oxygen atoms in total. The van der Waals surface area contributed by atoms with E-state index in [1.807, 2.05) is 30.3 Å². The van der Waals surface area contributed by atoms with Crippen molar-refractivity contribution < 1.29 is 9.59 Å². The number of nitrogens with two attached hydrogens (primary N) is 2. The summed E-state index contributed by atoms with van der Waals surface area (Å²) in [6.45, 7) is 0. The first-order chi connectivity index (χ1) is 8.59. The van der Waals surface area contributed by atoms with Gasteiger partial charge in [-0.15, -0.1) is 0 Å². The Bertz CT molecular complexity index is 464. The van der Waals surface area contributed by atoms with Crippen molar-refractivity contribution in [3.05, 3.63) is 60.2 Å². The van der Waals surface area contributed by atoms with E-state index in [9.17, 15) is 9.59 Å². The number of primary amides is 2. The van der Waals surface area contributed by atoms with Gasteiger partial charge in [-0.25, -0.2) is 0 Å². The first kappa shape index (κ1) is 13.7. The van der Waals surface area contributed by atoms with Gasteiger partial charge in [0, 0.05) is 5.92 Å². The van der Waals surface area contributed by atoms with E-state index in [2.05, 4.69) is 0 Å². The molecular formula is C14H16N2O2. The van der Waals surface area contributed by atoms with Crippen molar-refractivity contribution in [2.24, 2.45) is 11.5 Å². The van der Waals surface area contributed by atoms with Crippen molar-refractivity contribution in [1.29, 1.82) is 0 Å². The summed E-state index contributed by atoms with van der Waals surface area (Å²) < 4.78 is 0. The van der Waals surface area contributed by atoms with Crippen LogP contribution in [0.25, 0.3) is 0 Å². The van der Waals surface area contributed by atoms with Crippen LogP contribution in [0.15, 0.2) is 54.6 Å². The van der Waals surface area contributed by atoms with Crippen molar-refractivity contribution in [1.82, 2.24) is 0 Å². The largest absolute Gasteiger partial charge is 0.366 e. The molecule has 2 amide bonds. The summed E-state index contributed by atoms with van der Waals surface area (Å²) in [5.74, 6) is -0.982. The highest BCUT2D eigenvalue weighted by Crippen LogP contribution is 2.21. The standard InChI is InChI=1S/C14H16N2O2/c15-13(17)8-4-7-12(9-10-14(16)18)11-5-2-1-3-6-11/h1-6,8-10,12H,7H2,(H2,15,17)(H2,16,18). The number of hydrogen-bond donors (Lipinski definition) is 2. The van der Waals surface area contributed by atoms with Crippen molar-refractivity contribution in [2.45, 2.75) is 12.3 Å². The minimum atomic E-state index is -0.491. The lowest BCUT2D eigenvalue weighted by Gasteiger charge is -2.10. The second kappa shape index (κ2) is 7.06. The number of hydrogen-bond acceptors (Lipinski definition) is 2. The van der Waals surface area contributed by atoms with Gasteiger partial charge in [-0.2, -0.15) is 0 Å². The lowest BCUT2D eigenvalue weighted by atomic mass is 9.95. The molecule has 0 saturated heterocycles. The molecule has 1 unspecified atom stereocenters. The third kappa shape index (κ3) is 5.12. The van der Waals surface area contributed by atoms with Crippen LogP contribution >= 0.6 is 0 Å². The third-order valence-corrected chi connectivity index (χ3v) is 2.39. The minimum absolute atomic E-state index is 0.00528. The monoisotopic (exact) mass is 244 g/mol. The van der Waals surface area contributed by atoms with Crippen LogP contribution in [0.1, 0.15) is 17.9 Å². The molecule has 4 N–H and O–H groups in total. The van der Waals surface area contributed by atoms with E-state index in [4.69, 9.17) is 11.5 Å². The second-order valence-electron chi connectivity index (χ2n) is 3.82. The van der Waals surface area contributed by atoms with E-state index in [0.717, 1.165) is 5.56 Å². The van der Waals surface area contributed by atoms with Crippen LogP contribution in [-0.4, -0.2) is 11.8 Å². The molecule has 0 aliphatic carbocycles. The van der Waals surface area contributed by atoms with Gasteiger partial charge in [0.15, 0.2) is 0 Å². The summed E-state index contributed by atoms with van der Waals surface area (Å²) in [7, 11) is 0. The van der Waals surface area contributed by atoms with E-state index >= 15 is 0 Å². The molecule has 1 aromatic rings. The fourth-order valence-electron chi connectivity index (χ4n) is 1.57. The zero-order chi connectivity index (χ0) is 13.4. The lowest BCUT2D eigenvalue weighted by molar-refractivity contribution is -0.114. The van der Waals surface area contributed by atoms with Crippen molar-refractivity contribution in [2.75, 3.05) is 0 Å². The maximum atomic E-state index is 10.8.